The number of piperidine rings is 2. The number of rotatable bonds is 10. The Kier molecular flexibility index (Phi) is 9.60. The summed E-state index contributed by atoms with van der Waals surface area (Å²) in [6, 6.07) is 10.1. The largest absolute Gasteiger partial charge is 0.317 e. The molecule has 2 heterocycles. The van der Waals surface area contributed by atoms with Crippen LogP contribution in [0.15, 0.2) is 47.4 Å². The van der Waals surface area contributed by atoms with Gasteiger partial charge >= 0.3 is 0 Å². The molecule has 210 valence electrons. The van der Waals surface area contributed by atoms with Crippen molar-refractivity contribution >= 4 is 19.7 Å². The standard InChI is InChI=1S/C28H38F2N2O4S2/c1-37(33,34)26-4-2-22(3-5-26)28(23-18-24(29)20-25(30)19-23)10-16-32-14-8-21(9-15-32)11-17-38(35,36)27-6-12-31-13-7-27/h2-5,18-21,27-28,31H,6-17H2,1H3/t28-/m1/s1. The quantitative estimate of drug-likeness (QED) is 0.464. The van der Waals surface area contributed by atoms with Crippen LogP contribution in [-0.2, 0) is 19.7 Å². The summed E-state index contributed by atoms with van der Waals surface area (Å²) in [6.07, 6.45) is 5.75. The van der Waals surface area contributed by atoms with E-state index in [9.17, 15) is 25.6 Å². The first kappa shape index (κ1) is 29.1. The molecule has 0 spiro atoms. The highest BCUT2D eigenvalue weighted by molar-refractivity contribution is 7.92. The highest BCUT2D eigenvalue weighted by atomic mass is 32.2. The first-order valence-electron chi connectivity index (χ1n) is 13.4. The lowest BCUT2D eigenvalue weighted by molar-refractivity contribution is 0.178. The number of halogens is 2. The Morgan fingerprint density at radius 2 is 1.50 bits per heavy atom. The maximum absolute atomic E-state index is 14.1. The highest BCUT2D eigenvalue weighted by Gasteiger charge is 2.29. The van der Waals surface area contributed by atoms with E-state index in [-0.39, 0.29) is 21.8 Å². The Balaban J connectivity index is 1.36. The molecule has 0 aliphatic carbocycles. The van der Waals surface area contributed by atoms with E-state index in [4.69, 9.17) is 0 Å². The Hall–Kier alpha value is -1.88. The lowest BCUT2D eigenvalue weighted by Gasteiger charge is -2.33. The zero-order valence-corrected chi connectivity index (χ0v) is 23.5. The summed E-state index contributed by atoms with van der Waals surface area (Å²) in [4.78, 5) is 2.53. The van der Waals surface area contributed by atoms with Crippen molar-refractivity contribution in [2.75, 3.05) is 44.7 Å². The van der Waals surface area contributed by atoms with Crippen LogP contribution in [0.5, 0.6) is 0 Å². The molecule has 10 heteroatoms. The van der Waals surface area contributed by atoms with Gasteiger partial charge in [0, 0.05) is 18.2 Å². The second-order valence-corrected chi connectivity index (χ2v) is 15.2. The highest BCUT2D eigenvalue weighted by Crippen LogP contribution is 2.31. The molecule has 4 rings (SSSR count). The van der Waals surface area contributed by atoms with Gasteiger partial charge < -0.3 is 10.2 Å². The third kappa shape index (κ3) is 7.83. The van der Waals surface area contributed by atoms with Crippen LogP contribution >= 0.6 is 0 Å². The molecule has 2 aromatic carbocycles. The number of benzene rings is 2. The first-order valence-corrected chi connectivity index (χ1v) is 17.0. The molecule has 2 saturated heterocycles. The van der Waals surface area contributed by atoms with Gasteiger partial charge in [-0.15, -0.1) is 0 Å². The minimum absolute atomic E-state index is 0.203. The summed E-state index contributed by atoms with van der Waals surface area (Å²) in [6.45, 7) is 3.97. The van der Waals surface area contributed by atoms with Crippen LogP contribution in [0.25, 0.3) is 0 Å². The minimum atomic E-state index is -3.35. The van der Waals surface area contributed by atoms with Crippen LogP contribution in [0.4, 0.5) is 8.78 Å². The summed E-state index contributed by atoms with van der Waals surface area (Å²) < 4.78 is 77.3. The van der Waals surface area contributed by atoms with Gasteiger partial charge in [-0.1, -0.05) is 12.1 Å². The fraction of sp³-hybridized carbons (Fsp3) is 0.571. The first-order chi connectivity index (χ1) is 18.0. The summed E-state index contributed by atoms with van der Waals surface area (Å²) >= 11 is 0. The van der Waals surface area contributed by atoms with Crippen LogP contribution in [0.1, 0.15) is 55.6 Å². The van der Waals surface area contributed by atoms with E-state index in [0.29, 0.717) is 37.2 Å². The third-order valence-electron chi connectivity index (χ3n) is 8.04. The molecule has 0 unspecified atom stereocenters. The van der Waals surface area contributed by atoms with Gasteiger partial charge in [-0.2, -0.15) is 0 Å². The molecule has 2 aromatic rings. The Bertz CT molecular complexity index is 1270. The van der Waals surface area contributed by atoms with E-state index >= 15 is 0 Å². The van der Waals surface area contributed by atoms with E-state index in [1.807, 2.05) is 0 Å². The molecule has 2 aliphatic heterocycles. The van der Waals surface area contributed by atoms with Crippen LogP contribution in [-0.4, -0.2) is 71.7 Å². The number of hydrogen-bond donors (Lipinski definition) is 1. The third-order valence-corrected chi connectivity index (χ3v) is 11.5. The normalized spacial score (nSPS) is 19.4. The molecular formula is C28H38F2N2O4S2. The molecule has 1 N–H and O–H groups in total. The lowest BCUT2D eigenvalue weighted by atomic mass is 9.87. The average Bonchev–Trinajstić information content (AvgIpc) is 2.88. The Morgan fingerprint density at radius 1 is 0.895 bits per heavy atom. The molecule has 2 fully saturated rings. The molecule has 0 aromatic heterocycles. The number of nitrogens with one attached hydrogen (secondary N) is 1. The minimum Gasteiger partial charge on any atom is -0.317 e. The maximum Gasteiger partial charge on any atom is 0.175 e. The van der Waals surface area contributed by atoms with Crippen LogP contribution in [0.3, 0.4) is 0 Å². The van der Waals surface area contributed by atoms with Gasteiger partial charge in [0.2, 0.25) is 0 Å². The molecule has 0 amide bonds. The van der Waals surface area contributed by atoms with Gasteiger partial charge in [-0.25, -0.2) is 25.6 Å². The van der Waals surface area contributed by atoms with Crippen molar-refractivity contribution < 1.29 is 25.6 Å². The summed E-state index contributed by atoms with van der Waals surface area (Å²) in [7, 11) is -6.40. The monoisotopic (exact) mass is 568 g/mol. The summed E-state index contributed by atoms with van der Waals surface area (Å²) in [5.41, 5.74) is 1.33. The SMILES string of the molecule is CS(=O)(=O)c1ccc([C@@H](CCN2CCC(CCS(=O)(=O)C3CCNCC3)CC2)c2cc(F)cc(F)c2)cc1. The lowest BCUT2D eigenvalue weighted by Crippen LogP contribution is -2.38. The molecule has 1 atom stereocenters. The molecule has 0 saturated carbocycles. The van der Waals surface area contributed by atoms with E-state index in [1.54, 1.807) is 12.1 Å². The topological polar surface area (TPSA) is 83.6 Å². The van der Waals surface area contributed by atoms with Crippen LogP contribution in [0, 0.1) is 17.6 Å². The van der Waals surface area contributed by atoms with Gasteiger partial charge in [0.05, 0.1) is 15.9 Å². The molecule has 6 nitrogen and oxygen atoms in total. The summed E-state index contributed by atoms with van der Waals surface area (Å²) in [5.74, 6) is -0.920. The van der Waals surface area contributed by atoms with Gasteiger partial charge in [0.25, 0.3) is 0 Å². The van der Waals surface area contributed by atoms with Gasteiger partial charge in [0.1, 0.15) is 11.6 Å². The number of sulfone groups is 2. The van der Waals surface area contributed by atoms with Crippen molar-refractivity contribution in [1.82, 2.24) is 10.2 Å². The van der Waals surface area contributed by atoms with Gasteiger partial charge in [0.15, 0.2) is 19.7 Å². The zero-order valence-electron chi connectivity index (χ0n) is 21.9. The Labute approximate surface area is 225 Å². The molecule has 38 heavy (non-hydrogen) atoms. The van der Waals surface area contributed by atoms with Crippen molar-refractivity contribution in [2.45, 2.75) is 54.6 Å². The predicted octanol–water partition coefficient (Wildman–Crippen LogP) is 4.16. The van der Waals surface area contributed by atoms with Crippen molar-refractivity contribution in [3.8, 4) is 0 Å². The fourth-order valence-corrected chi connectivity index (χ4v) is 8.29. The number of nitrogens with zero attached hydrogens (tertiary/aromatic N) is 1. The fourth-order valence-electron chi connectivity index (χ4n) is 5.71. The summed E-state index contributed by atoms with van der Waals surface area (Å²) in [5, 5.41) is 3.01. The van der Waals surface area contributed by atoms with Crippen molar-refractivity contribution in [3.05, 3.63) is 65.2 Å². The van der Waals surface area contributed by atoms with Gasteiger partial charge in [-0.05, 0) is 113 Å². The van der Waals surface area contributed by atoms with E-state index in [2.05, 4.69) is 10.2 Å². The van der Waals surface area contributed by atoms with E-state index in [1.165, 1.54) is 24.3 Å². The van der Waals surface area contributed by atoms with E-state index in [0.717, 1.165) is 63.5 Å². The molecule has 0 radical (unpaired) electrons. The number of likely N-dealkylation sites (tertiary alicyclic amines) is 1. The average molecular weight is 569 g/mol. The molecular weight excluding hydrogens is 530 g/mol. The maximum atomic E-state index is 14.1. The second-order valence-electron chi connectivity index (χ2n) is 10.8. The zero-order chi connectivity index (χ0) is 27.3. The van der Waals surface area contributed by atoms with Crippen LogP contribution in [0.2, 0.25) is 0 Å². The Morgan fingerprint density at radius 3 is 2.08 bits per heavy atom. The predicted molar refractivity (Wildman–Crippen MR) is 146 cm³/mol. The van der Waals surface area contributed by atoms with Gasteiger partial charge in [-0.3, -0.25) is 0 Å². The second kappa shape index (κ2) is 12.5. The van der Waals surface area contributed by atoms with Crippen molar-refractivity contribution in [3.63, 3.8) is 0 Å². The number of hydrogen-bond acceptors (Lipinski definition) is 6. The van der Waals surface area contributed by atoms with Crippen molar-refractivity contribution in [1.29, 1.82) is 0 Å². The molecule has 2 aliphatic rings. The smallest absolute Gasteiger partial charge is 0.175 e. The molecule has 0 bridgehead atoms. The van der Waals surface area contributed by atoms with Crippen LogP contribution < -0.4 is 5.32 Å². The van der Waals surface area contributed by atoms with Crippen molar-refractivity contribution in [2.24, 2.45) is 5.92 Å². The van der Waals surface area contributed by atoms with E-state index < -0.39 is 31.3 Å².